The van der Waals surface area contributed by atoms with Crippen molar-refractivity contribution in [2.45, 2.75) is 63.6 Å². The van der Waals surface area contributed by atoms with E-state index in [1.807, 2.05) is 0 Å². The Labute approximate surface area is 124 Å². The highest BCUT2D eigenvalue weighted by atomic mass is 19.4. The molecule has 1 fully saturated rings. The molecule has 0 aliphatic heterocycles. The van der Waals surface area contributed by atoms with Crippen molar-refractivity contribution in [3.8, 4) is 0 Å². The number of halogens is 3. The van der Waals surface area contributed by atoms with Gasteiger partial charge in [0.1, 0.15) is 0 Å². The van der Waals surface area contributed by atoms with Gasteiger partial charge in [0.25, 0.3) is 0 Å². The van der Waals surface area contributed by atoms with Gasteiger partial charge in [0.05, 0.1) is 5.92 Å². The van der Waals surface area contributed by atoms with Gasteiger partial charge in [-0.1, -0.05) is 38.1 Å². The molecule has 0 unspecified atom stereocenters. The van der Waals surface area contributed by atoms with Gasteiger partial charge in [-0.05, 0) is 49.1 Å². The summed E-state index contributed by atoms with van der Waals surface area (Å²) >= 11 is 0. The average molecular weight is 299 g/mol. The summed E-state index contributed by atoms with van der Waals surface area (Å²) in [5.74, 6) is -0.689. The minimum Gasteiger partial charge on any atom is -0.325 e. The largest absolute Gasteiger partial charge is 0.391 e. The van der Waals surface area contributed by atoms with Crippen LogP contribution >= 0.6 is 0 Å². The van der Waals surface area contributed by atoms with Crippen LogP contribution in [0, 0.1) is 5.92 Å². The van der Waals surface area contributed by atoms with Gasteiger partial charge in [-0.3, -0.25) is 0 Å². The quantitative estimate of drug-likeness (QED) is 0.852. The van der Waals surface area contributed by atoms with E-state index in [0.717, 1.165) is 5.56 Å². The zero-order chi connectivity index (χ0) is 15.7. The highest BCUT2D eigenvalue weighted by Gasteiger charge is 2.44. The fraction of sp³-hybridized carbons (Fsp3) is 0.647. The second-order valence-corrected chi connectivity index (χ2v) is 6.75. The smallest absolute Gasteiger partial charge is 0.325 e. The van der Waals surface area contributed by atoms with Crippen molar-refractivity contribution >= 4 is 0 Å². The van der Waals surface area contributed by atoms with E-state index in [0.29, 0.717) is 25.2 Å². The molecule has 4 heteroatoms. The molecule has 1 aliphatic rings. The van der Waals surface area contributed by atoms with E-state index in [4.69, 9.17) is 5.73 Å². The first kappa shape index (κ1) is 16.3. The van der Waals surface area contributed by atoms with Crippen LogP contribution in [0.2, 0.25) is 0 Å². The Balaban J connectivity index is 1.97. The topological polar surface area (TPSA) is 26.0 Å². The second-order valence-electron chi connectivity index (χ2n) is 6.75. The molecule has 0 bridgehead atoms. The van der Waals surface area contributed by atoms with E-state index < -0.39 is 17.6 Å². The molecule has 0 saturated heterocycles. The third-order valence-corrected chi connectivity index (χ3v) is 4.65. The molecule has 1 aromatic carbocycles. The summed E-state index contributed by atoms with van der Waals surface area (Å²) in [4.78, 5) is 0. The fourth-order valence-electron chi connectivity index (χ4n) is 3.12. The Hall–Kier alpha value is -1.03. The number of hydrogen-bond acceptors (Lipinski definition) is 1. The molecule has 0 spiro atoms. The Bertz CT molecular complexity index is 454. The molecule has 118 valence electrons. The second kappa shape index (κ2) is 5.99. The lowest BCUT2D eigenvalue weighted by molar-refractivity contribution is -0.184. The fourth-order valence-corrected chi connectivity index (χ4v) is 3.12. The molecule has 1 aliphatic carbocycles. The zero-order valence-corrected chi connectivity index (χ0v) is 12.7. The first-order valence-electron chi connectivity index (χ1n) is 7.64. The van der Waals surface area contributed by atoms with Gasteiger partial charge in [-0.2, -0.15) is 13.2 Å². The Morgan fingerprint density at radius 2 is 1.67 bits per heavy atom. The molecular formula is C17H24F3N. The molecular weight excluding hydrogens is 275 g/mol. The monoisotopic (exact) mass is 299 g/mol. The number of alkyl halides is 3. The highest BCUT2D eigenvalue weighted by molar-refractivity contribution is 5.26. The van der Waals surface area contributed by atoms with Crippen LogP contribution in [0.3, 0.4) is 0 Å². The Morgan fingerprint density at radius 1 is 1.14 bits per heavy atom. The molecule has 1 aromatic rings. The maximum Gasteiger partial charge on any atom is 0.391 e. The highest BCUT2D eigenvalue weighted by Crippen LogP contribution is 2.41. The van der Waals surface area contributed by atoms with Gasteiger partial charge in [0.2, 0.25) is 0 Å². The van der Waals surface area contributed by atoms with Crippen LogP contribution in [0.1, 0.15) is 56.6 Å². The van der Waals surface area contributed by atoms with E-state index in [1.165, 1.54) is 5.56 Å². The minimum absolute atomic E-state index is 0.157. The van der Waals surface area contributed by atoms with Gasteiger partial charge in [-0.15, -0.1) is 0 Å². The average Bonchev–Trinajstić information content (AvgIpc) is 2.38. The lowest BCUT2D eigenvalue weighted by atomic mass is 9.74. The van der Waals surface area contributed by atoms with Crippen LogP contribution in [0.15, 0.2) is 24.3 Å². The number of benzene rings is 1. The molecule has 0 heterocycles. The van der Waals surface area contributed by atoms with Crippen LogP contribution in [0.4, 0.5) is 13.2 Å². The van der Waals surface area contributed by atoms with Gasteiger partial charge < -0.3 is 5.73 Å². The standard InChI is InChI=1S/C17H24F3N/c1-12(2)14-5-3-13(4-6-14)11-16(21)9-7-15(8-10-16)17(18,19)20/h3-6,12,15H,7-11,21H2,1-2H3. The van der Waals surface area contributed by atoms with Crippen molar-refractivity contribution < 1.29 is 13.2 Å². The first-order chi connectivity index (χ1) is 9.70. The van der Waals surface area contributed by atoms with Gasteiger partial charge in [-0.25, -0.2) is 0 Å². The van der Waals surface area contributed by atoms with Gasteiger partial charge in [0, 0.05) is 5.54 Å². The third kappa shape index (κ3) is 4.22. The number of rotatable bonds is 3. The number of hydrogen-bond donors (Lipinski definition) is 1. The van der Waals surface area contributed by atoms with Crippen LogP contribution in [-0.4, -0.2) is 11.7 Å². The predicted molar refractivity (Wildman–Crippen MR) is 79.2 cm³/mol. The van der Waals surface area contributed by atoms with Crippen LogP contribution in [0.5, 0.6) is 0 Å². The van der Waals surface area contributed by atoms with Crippen molar-refractivity contribution in [1.29, 1.82) is 0 Å². The summed E-state index contributed by atoms with van der Waals surface area (Å²) in [6.45, 7) is 4.27. The molecule has 0 atom stereocenters. The summed E-state index contributed by atoms with van der Waals surface area (Å²) in [6.07, 6.45) is -2.20. The Kier molecular flexibility index (Phi) is 4.66. The lowest BCUT2D eigenvalue weighted by Gasteiger charge is -2.38. The molecule has 0 radical (unpaired) electrons. The van der Waals surface area contributed by atoms with E-state index in [9.17, 15) is 13.2 Å². The summed E-state index contributed by atoms with van der Waals surface area (Å²) in [7, 11) is 0. The van der Waals surface area contributed by atoms with Crippen molar-refractivity contribution in [2.75, 3.05) is 0 Å². The SMILES string of the molecule is CC(C)c1ccc(CC2(N)CCC(C(F)(F)F)CC2)cc1. The molecule has 1 saturated carbocycles. The zero-order valence-electron chi connectivity index (χ0n) is 12.7. The van der Waals surface area contributed by atoms with Gasteiger partial charge >= 0.3 is 6.18 Å². The molecule has 0 amide bonds. The maximum absolute atomic E-state index is 12.7. The van der Waals surface area contributed by atoms with E-state index in [2.05, 4.69) is 38.1 Å². The molecule has 21 heavy (non-hydrogen) atoms. The summed E-state index contributed by atoms with van der Waals surface area (Å²) in [5, 5.41) is 0. The minimum atomic E-state index is -4.07. The predicted octanol–water partition coefficient (Wildman–Crippen LogP) is 4.80. The van der Waals surface area contributed by atoms with Crippen molar-refractivity contribution in [1.82, 2.24) is 0 Å². The van der Waals surface area contributed by atoms with Crippen LogP contribution in [0.25, 0.3) is 0 Å². The molecule has 2 rings (SSSR count). The molecule has 0 aromatic heterocycles. The third-order valence-electron chi connectivity index (χ3n) is 4.65. The van der Waals surface area contributed by atoms with E-state index >= 15 is 0 Å². The van der Waals surface area contributed by atoms with Crippen molar-refractivity contribution in [3.05, 3.63) is 35.4 Å². The normalized spacial score (nSPS) is 27.1. The Morgan fingerprint density at radius 3 is 2.10 bits per heavy atom. The van der Waals surface area contributed by atoms with Crippen molar-refractivity contribution in [3.63, 3.8) is 0 Å². The molecule has 2 N–H and O–H groups in total. The number of nitrogens with two attached hydrogens (primary N) is 1. The first-order valence-corrected chi connectivity index (χ1v) is 7.64. The van der Waals surface area contributed by atoms with E-state index in [1.54, 1.807) is 0 Å². The van der Waals surface area contributed by atoms with Gasteiger partial charge in [0.15, 0.2) is 0 Å². The van der Waals surface area contributed by atoms with E-state index in [-0.39, 0.29) is 12.8 Å². The summed E-state index contributed by atoms with van der Waals surface area (Å²) in [6, 6.07) is 8.29. The summed E-state index contributed by atoms with van der Waals surface area (Å²) < 4.78 is 38.1. The molecule has 1 nitrogen and oxygen atoms in total. The summed E-state index contributed by atoms with van der Waals surface area (Å²) in [5.41, 5.74) is 8.23. The van der Waals surface area contributed by atoms with Crippen LogP contribution in [-0.2, 0) is 6.42 Å². The lowest BCUT2D eigenvalue weighted by Crippen LogP contribution is -2.47. The van der Waals surface area contributed by atoms with Crippen LogP contribution < -0.4 is 5.73 Å². The maximum atomic E-state index is 12.7. The van der Waals surface area contributed by atoms with Crippen molar-refractivity contribution in [2.24, 2.45) is 11.7 Å².